The van der Waals surface area contributed by atoms with E-state index in [0.717, 1.165) is 17.5 Å². The van der Waals surface area contributed by atoms with Crippen LogP contribution in [-0.4, -0.2) is 29.2 Å². The number of carboxylic acids is 1. The second-order valence-electron chi connectivity index (χ2n) is 4.44. The molecule has 1 N–H and O–H groups in total. The molecule has 0 unspecified atom stereocenters. The van der Waals surface area contributed by atoms with Crippen LogP contribution in [0.1, 0.15) is 17.3 Å². The van der Waals surface area contributed by atoms with Gasteiger partial charge in [-0.3, -0.25) is 4.79 Å². The predicted octanol–water partition coefficient (Wildman–Crippen LogP) is 1.57. The fourth-order valence-electron chi connectivity index (χ4n) is 1.79. The number of benzene rings is 1. The Balaban J connectivity index is 1.91. The fourth-order valence-corrected chi connectivity index (χ4v) is 2.58. The summed E-state index contributed by atoms with van der Waals surface area (Å²) < 4.78 is 5.32. The largest absolute Gasteiger partial charge is 0.545 e. The fraction of sp³-hybridized carbons (Fsp3) is 0.188. The van der Waals surface area contributed by atoms with Gasteiger partial charge in [0.05, 0.1) is 18.3 Å². The van der Waals surface area contributed by atoms with Gasteiger partial charge in [0.1, 0.15) is 10.8 Å². The summed E-state index contributed by atoms with van der Waals surface area (Å²) in [7, 11) is 0. The predicted molar refractivity (Wildman–Crippen MR) is 85.5 cm³/mol. The molecular weight excluding hydrogens is 316 g/mol. The second kappa shape index (κ2) is 8.19. The van der Waals surface area contributed by atoms with Crippen molar-refractivity contribution < 1.29 is 19.4 Å². The van der Waals surface area contributed by atoms with Gasteiger partial charge in [-0.05, 0) is 43.3 Å². The molecule has 0 aliphatic carbocycles. The van der Waals surface area contributed by atoms with Gasteiger partial charge < -0.3 is 20.0 Å². The Morgan fingerprint density at radius 3 is 2.65 bits per heavy atom. The van der Waals surface area contributed by atoms with E-state index >= 15 is 0 Å². The zero-order valence-corrected chi connectivity index (χ0v) is 13.3. The van der Waals surface area contributed by atoms with Crippen LogP contribution in [0.2, 0.25) is 0 Å². The standard InChI is InChI=1S/C16H16N2O4S/c1-2-22-12-7-5-11(6-8-12)18-14(19)10-23-15-13(16(20)21)4-3-9-17-15/h3-9H,2,10H2,1H3,(H,18,19)(H,20,21)/p-1. The molecule has 0 saturated carbocycles. The number of aromatic nitrogens is 1. The molecule has 23 heavy (non-hydrogen) atoms. The van der Waals surface area contributed by atoms with E-state index in [9.17, 15) is 14.7 Å². The Kier molecular flexibility index (Phi) is 5.99. The molecule has 0 aliphatic rings. The van der Waals surface area contributed by atoms with Crippen LogP contribution in [0.25, 0.3) is 0 Å². The molecular formula is C16H15N2O4S-. The topological polar surface area (TPSA) is 91.3 Å². The van der Waals surface area contributed by atoms with Gasteiger partial charge in [-0.15, -0.1) is 0 Å². The molecule has 0 fully saturated rings. The average molecular weight is 331 g/mol. The van der Waals surface area contributed by atoms with Crippen LogP contribution in [-0.2, 0) is 4.79 Å². The molecule has 1 aromatic carbocycles. The molecule has 0 radical (unpaired) electrons. The van der Waals surface area contributed by atoms with E-state index in [1.165, 1.54) is 18.3 Å². The molecule has 0 bridgehead atoms. The van der Waals surface area contributed by atoms with Crippen molar-refractivity contribution in [2.45, 2.75) is 11.9 Å². The SMILES string of the molecule is CCOc1ccc(NC(=O)CSc2ncccc2C(=O)[O-])cc1. The van der Waals surface area contributed by atoms with Crippen molar-refractivity contribution in [3.63, 3.8) is 0 Å². The quantitative estimate of drug-likeness (QED) is 0.775. The van der Waals surface area contributed by atoms with Crippen molar-refractivity contribution in [3.05, 3.63) is 48.2 Å². The number of rotatable bonds is 7. The van der Waals surface area contributed by atoms with Crippen molar-refractivity contribution in [2.24, 2.45) is 0 Å². The lowest BCUT2D eigenvalue weighted by Crippen LogP contribution is -2.23. The first-order valence-corrected chi connectivity index (χ1v) is 7.90. The number of pyridine rings is 1. The summed E-state index contributed by atoms with van der Waals surface area (Å²) in [4.78, 5) is 26.8. The Labute approximate surface area is 137 Å². The first-order valence-electron chi connectivity index (χ1n) is 6.92. The summed E-state index contributed by atoms with van der Waals surface area (Å²) in [5, 5.41) is 13.9. The molecule has 0 saturated heterocycles. The van der Waals surface area contributed by atoms with Crippen LogP contribution in [0.15, 0.2) is 47.6 Å². The highest BCUT2D eigenvalue weighted by atomic mass is 32.2. The zero-order valence-electron chi connectivity index (χ0n) is 12.4. The van der Waals surface area contributed by atoms with Crippen LogP contribution in [0, 0.1) is 0 Å². The highest BCUT2D eigenvalue weighted by Gasteiger charge is 2.09. The summed E-state index contributed by atoms with van der Waals surface area (Å²) >= 11 is 1.05. The Morgan fingerprint density at radius 2 is 2.00 bits per heavy atom. The third-order valence-corrected chi connectivity index (χ3v) is 3.79. The summed E-state index contributed by atoms with van der Waals surface area (Å²) in [6.07, 6.45) is 1.47. The average Bonchev–Trinajstić information content (AvgIpc) is 2.55. The lowest BCUT2D eigenvalue weighted by atomic mass is 10.3. The summed E-state index contributed by atoms with van der Waals surface area (Å²) in [5.74, 6) is -0.793. The van der Waals surface area contributed by atoms with E-state index in [0.29, 0.717) is 12.3 Å². The summed E-state index contributed by atoms with van der Waals surface area (Å²) in [5.41, 5.74) is 0.617. The second-order valence-corrected chi connectivity index (χ2v) is 5.40. The molecule has 1 heterocycles. The molecule has 2 rings (SSSR count). The molecule has 0 spiro atoms. The number of anilines is 1. The molecule has 120 valence electrons. The van der Waals surface area contributed by atoms with E-state index in [4.69, 9.17) is 4.74 Å². The van der Waals surface area contributed by atoms with E-state index in [1.54, 1.807) is 24.3 Å². The minimum absolute atomic E-state index is 0.0219. The van der Waals surface area contributed by atoms with E-state index < -0.39 is 5.97 Å². The van der Waals surface area contributed by atoms with Crippen LogP contribution in [0.5, 0.6) is 5.75 Å². The first kappa shape index (κ1) is 16.8. The third kappa shape index (κ3) is 5.00. The lowest BCUT2D eigenvalue weighted by molar-refractivity contribution is -0.255. The van der Waals surface area contributed by atoms with Crippen LogP contribution in [0.3, 0.4) is 0 Å². The molecule has 6 nitrogen and oxygen atoms in total. The van der Waals surface area contributed by atoms with Gasteiger partial charge in [0.2, 0.25) is 5.91 Å². The molecule has 0 atom stereocenters. The van der Waals surface area contributed by atoms with Gasteiger partial charge in [-0.1, -0.05) is 11.8 Å². The van der Waals surface area contributed by atoms with Gasteiger partial charge in [0.15, 0.2) is 0 Å². The molecule has 1 aromatic heterocycles. The maximum Gasteiger partial charge on any atom is 0.234 e. The Morgan fingerprint density at radius 1 is 1.26 bits per heavy atom. The minimum atomic E-state index is -1.31. The number of thioether (sulfide) groups is 1. The number of nitrogens with zero attached hydrogens (tertiary/aromatic N) is 1. The maximum atomic E-state index is 11.9. The first-order chi connectivity index (χ1) is 11.1. The number of hydrogen-bond donors (Lipinski definition) is 1. The number of ether oxygens (including phenoxy) is 1. The summed E-state index contributed by atoms with van der Waals surface area (Å²) in [6, 6.07) is 9.91. The Hall–Kier alpha value is -2.54. The number of nitrogens with one attached hydrogen (secondary N) is 1. The maximum absolute atomic E-state index is 11.9. The van der Waals surface area contributed by atoms with Crippen molar-refractivity contribution in [1.29, 1.82) is 0 Å². The lowest BCUT2D eigenvalue weighted by Gasteiger charge is -2.09. The van der Waals surface area contributed by atoms with Gasteiger partial charge in [-0.2, -0.15) is 0 Å². The highest BCUT2D eigenvalue weighted by Crippen LogP contribution is 2.20. The molecule has 7 heteroatoms. The molecule has 1 amide bonds. The van der Waals surface area contributed by atoms with E-state index in [-0.39, 0.29) is 22.2 Å². The van der Waals surface area contributed by atoms with E-state index in [1.807, 2.05) is 6.92 Å². The number of amides is 1. The van der Waals surface area contributed by atoms with Gasteiger partial charge in [0.25, 0.3) is 0 Å². The van der Waals surface area contributed by atoms with Crippen molar-refractivity contribution in [3.8, 4) is 5.75 Å². The van der Waals surface area contributed by atoms with Crippen molar-refractivity contribution in [2.75, 3.05) is 17.7 Å². The van der Waals surface area contributed by atoms with Crippen molar-refractivity contribution in [1.82, 2.24) is 4.98 Å². The van der Waals surface area contributed by atoms with Crippen molar-refractivity contribution >= 4 is 29.3 Å². The Bertz CT molecular complexity index is 689. The van der Waals surface area contributed by atoms with Crippen LogP contribution < -0.4 is 15.2 Å². The number of carboxylic acid groups (broad SMARTS) is 1. The molecule has 0 aliphatic heterocycles. The zero-order chi connectivity index (χ0) is 16.7. The number of aromatic carboxylic acids is 1. The van der Waals surface area contributed by atoms with Crippen LogP contribution in [0.4, 0.5) is 5.69 Å². The third-order valence-electron chi connectivity index (χ3n) is 2.78. The number of carbonyl (C=O) groups excluding carboxylic acids is 2. The highest BCUT2D eigenvalue weighted by molar-refractivity contribution is 8.00. The number of hydrogen-bond acceptors (Lipinski definition) is 6. The van der Waals surface area contributed by atoms with E-state index in [2.05, 4.69) is 10.3 Å². The minimum Gasteiger partial charge on any atom is -0.545 e. The van der Waals surface area contributed by atoms with Gasteiger partial charge >= 0.3 is 0 Å². The van der Waals surface area contributed by atoms with Gasteiger partial charge in [-0.25, -0.2) is 4.98 Å². The van der Waals surface area contributed by atoms with Crippen LogP contribution >= 0.6 is 11.8 Å². The van der Waals surface area contributed by atoms with Gasteiger partial charge in [0, 0.05) is 17.4 Å². The summed E-state index contributed by atoms with van der Waals surface area (Å²) in [6.45, 7) is 2.47. The molecule has 2 aromatic rings. The number of carbonyl (C=O) groups is 2. The normalized spacial score (nSPS) is 10.1. The monoisotopic (exact) mass is 331 g/mol. The smallest absolute Gasteiger partial charge is 0.234 e.